The van der Waals surface area contributed by atoms with E-state index >= 15 is 0 Å². The predicted molar refractivity (Wildman–Crippen MR) is 106 cm³/mol. The molecule has 1 amide bonds. The van der Waals surface area contributed by atoms with Crippen LogP contribution in [0.4, 0.5) is 6.01 Å². The standard InChI is InChI=1S/C22H29N3O2/c26-21(17-9-10-17)25-13-5-1-2-7-19(25)16-11-14-24(15-12-16)22-23-18-6-3-4-8-20(18)27-22/h3-4,6,8,16-17,19H,1-2,5,7,9-15H2/t19-/m1/s1. The molecule has 1 atom stereocenters. The van der Waals surface area contributed by atoms with Gasteiger partial charge in [-0.2, -0.15) is 4.98 Å². The fourth-order valence-electron chi connectivity index (χ4n) is 4.93. The summed E-state index contributed by atoms with van der Waals surface area (Å²) in [6.07, 6.45) is 9.37. The normalized spacial score (nSPS) is 25.0. The van der Waals surface area contributed by atoms with Gasteiger partial charge in [0, 0.05) is 31.6 Å². The molecule has 2 aliphatic heterocycles. The van der Waals surface area contributed by atoms with Gasteiger partial charge in [0.2, 0.25) is 5.91 Å². The molecule has 1 aliphatic carbocycles. The molecule has 2 aromatic rings. The smallest absolute Gasteiger partial charge is 0.298 e. The lowest BCUT2D eigenvalue weighted by molar-refractivity contribution is -0.136. The summed E-state index contributed by atoms with van der Waals surface area (Å²) in [6, 6.07) is 9.17. The third-order valence-electron chi connectivity index (χ3n) is 6.65. The van der Waals surface area contributed by atoms with Crippen LogP contribution in [0.15, 0.2) is 28.7 Å². The van der Waals surface area contributed by atoms with E-state index < -0.39 is 0 Å². The van der Waals surface area contributed by atoms with Crippen molar-refractivity contribution in [3.63, 3.8) is 0 Å². The van der Waals surface area contributed by atoms with E-state index in [0.717, 1.165) is 62.4 Å². The Bertz CT molecular complexity index is 772. The van der Waals surface area contributed by atoms with Crippen LogP contribution in [0.1, 0.15) is 51.4 Å². The van der Waals surface area contributed by atoms with Gasteiger partial charge in [0.05, 0.1) is 0 Å². The van der Waals surface area contributed by atoms with Crippen molar-refractivity contribution < 1.29 is 9.21 Å². The number of anilines is 1. The van der Waals surface area contributed by atoms with Gasteiger partial charge in [0.1, 0.15) is 5.52 Å². The van der Waals surface area contributed by atoms with E-state index in [4.69, 9.17) is 4.42 Å². The molecule has 0 unspecified atom stereocenters. The zero-order chi connectivity index (χ0) is 18.2. The molecule has 3 aliphatic rings. The minimum atomic E-state index is 0.338. The Morgan fingerprint density at radius 1 is 0.963 bits per heavy atom. The molecule has 144 valence electrons. The topological polar surface area (TPSA) is 49.6 Å². The molecule has 5 nitrogen and oxygen atoms in total. The van der Waals surface area contributed by atoms with Crippen molar-refractivity contribution in [2.75, 3.05) is 24.5 Å². The summed E-state index contributed by atoms with van der Waals surface area (Å²) in [7, 11) is 0. The van der Waals surface area contributed by atoms with Crippen LogP contribution in [0.3, 0.4) is 0 Å². The number of hydrogen-bond donors (Lipinski definition) is 0. The van der Waals surface area contributed by atoms with Crippen LogP contribution in [0.2, 0.25) is 0 Å². The number of rotatable bonds is 3. The van der Waals surface area contributed by atoms with Gasteiger partial charge < -0.3 is 14.2 Å². The summed E-state index contributed by atoms with van der Waals surface area (Å²) in [5, 5.41) is 0. The zero-order valence-corrected chi connectivity index (χ0v) is 16.0. The van der Waals surface area contributed by atoms with Crippen molar-refractivity contribution in [1.82, 2.24) is 9.88 Å². The van der Waals surface area contributed by atoms with Crippen molar-refractivity contribution in [3.05, 3.63) is 24.3 Å². The molecule has 27 heavy (non-hydrogen) atoms. The first kappa shape index (κ1) is 17.1. The number of aromatic nitrogens is 1. The third-order valence-corrected chi connectivity index (χ3v) is 6.65. The van der Waals surface area contributed by atoms with Crippen molar-refractivity contribution >= 4 is 23.0 Å². The number of piperidine rings is 1. The number of hydrogen-bond acceptors (Lipinski definition) is 4. The summed E-state index contributed by atoms with van der Waals surface area (Å²) in [5.74, 6) is 1.40. The van der Waals surface area contributed by atoms with Crippen LogP contribution in [0.25, 0.3) is 11.1 Å². The van der Waals surface area contributed by atoms with Gasteiger partial charge in [-0.15, -0.1) is 0 Å². The fourth-order valence-corrected chi connectivity index (χ4v) is 4.93. The van der Waals surface area contributed by atoms with Crippen molar-refractivity contribution in [2.24, 2.45) is 11.8 Å². The lowest BCUT2D eigenvalue weighted by atomic mass is 9.86. The highest BCUT2D eigenvalue weighted by atomic mass is 16.4. The summed E-state index contributed by atoms with van der Waals surface area (Å²) < 4.78 is 5.96. The number of nitrogens with zero attached hydrogens (tertiary/aromatic N) is 3. The first-order valence-electron chi connectivity index (χ1n) is 10.7. The van der Waals surface area contributed by atoms with E-state index in [1.807, 2.05) is 24.3 Å². The Hall–Kier alpha value is -2.04. The summed E-state index contributed by atoms with van der Waals surface area (Å²) in [6.45, 7) is 2.92. The van der Waals surface area contributed by atoms with Gasteiger partial charge in [-0.1, -0.05) is 25.0 Å². The Kier molecular flexibility index (Phi) is 4.54. The number of oxazole rings is 1. The first-order valence-corrected chi connectivity index (χ1v) is 10.7. The second kappa shape index (κ2) is 7.17. The van der Waals surface area contributed by atoms with Crippen LogP contribution in [0, 0.1) is 11.8 Å². The van der Waals surface area contributed by atoms with Crippen molar-refractivity contribution in [3.8, 4) is 0 Å². The number of fused-ring (bicyclic) bond motifs is 1. The van der Waals surface area contributed by atoms with E-state index in [2.05, 4.69) is 14.8 Å². The van der Waals surface area contributed by atoms with Gasteiger partial charge >= 0.3 is 0 Å². The monoisotopic (exact) mass is 367 g/mol. The number of para-hydroxylation sites is 2. The number of amides is 1. The minimum absolute atomic E-state index is 0.338. The number of benzene rings is 1. The van der Waals surface area contributed by atoms with Crippen LogP contribution >= 0.6 is 0 Å². The Balaban J connectivity index is 1.27. The molecule has 2 saturated heterocycles. The highest BCUT2D eigenvalue weighted by Crippen LogP contribution is 2.37. The maximum atomic E-state index is 12.8. The summed E-state index contributed by atoms with van der Waals surface area (Å²) in [4.78, 5) is 22.1. The zero-order valence-electron chi connectivity index (χ0n) is 16.0. The van der Waals surface area contributed by atoms with Gasteiger partial charge in [0.25, 0.3) is 6.01 Å². The van der Waals surface area contributed by atoms with Crippen LogP contribution in [-0.2, 0) is 4.79 Å². The second-order valence-electron chi connectivity index (χ2n) is 8.51. The van der Waals surface area contributed by atoms with E-state index in [9.17, 15) is 4.79 Å². The fraction of sp³-hybridized carbons (Fsp3) is 0.636. The van der Waals surface area contributed by atoms with Gasteiger partial charge in [-0.3, -0.25) is 4.79 Å². The lowest BCUT2D eigenvalue weighted by Crippen LogP contribution is -2.48. The predicted octanol–water partition coefficient (Wildman–Crippen LogP) is 4.23. The van der Waals surface area contributed by atoms with E-state index in [-0.39, 0.29) is 0 Å². The number of carbonyl (C=O) groups excluding carboxylic acids is 1. The molecule has 0 spiro atoms. The summed E-state index contributed by atoms with van der Waals surface area (Å²) in [5.41, 5.74) is 1.79. The van der Waals surface area contributed by atoms with E-state index in [0.29, 0.717) is 23.8 Å². The van der Waals surface area contributed by atoms with Gasteiger partial charge in [0.15, 0.2) is 5.58 Å². The third kappa shape index (κ3) is 3.44. The lowest BCUT2D eigenvalue weighted by Gasteiger charge is -2.40. The molecule has 0 N–H and O–H groups in total. The molecule has 1 saturated carbocycles. The molecular weight excluding hydrogens is 338 g/mol. The average molecular weight is 367 g/mol. The minimum Gasteiger partial charge on any atom is -0.423 e. The molecule has 3 fully saturated rings. The largest absolute Gasteiger partial charge is 0.423 e. The SMILES string of the molecule is O=C(C1CC1)N1CCCCC[C@@H]1C1CCN(c2nc3ccccc3o2)CC1. The quantitative estimate of drug-likeness (QED) is 0.815. The molecule has 1 aromatic carbocycles. The Labute approximate surface area is 160 Å². The molecule has 5 rings (SSSR count). The first-order chi connectivity index (χ1) is 13.3. The Morgan fingerprint density at radius 2 is 1.78 bits per heavy atom. The number of likely N-dealkylation sites (tertiary alicyclic amines) is 1. The highest BCUT2D eigenvalue weighted by molar-refractivity contribution is 5.81. The van der Waals surface area contributed by atoms with Gasteiger partial charge in [-0.05, 0) is 56.6 Å². The van der Waals surface area contributed by atoms with E-state index in [1.54, 1.807) is 0 Å². The second-order valence-corrected chi connectivity index (χ2v) is 8.51. The molecular formula is C22H29N3O2. The van der Waals surface area contributed by atoms with Crippen molar-refractivity contribution in [2.45, 2.75) is 57.4 Å². The van der Waals surface area contributed by atoms with Gasteiger partial charge in [-0.25, -0.2) is 0 Å². The van der Waals surface area contributed by atoms with E-state index in [1.165, 1.54) is 25.7 Å². The van der Waals surface area contributed by atoms with Crippen LogP contribution in [-0.4, -0.2) is 41.5 Å². The average Bonchev–Trinajstić information content (AvgIpc) is 3.50. The molecule has 1 aromatic heterocycles. The number of carbonyl (C=O) groups is 1. The molecule has 3 heterocycles. The van der Waals surface area contributed by atoms with Crippen molar-refractivity contribution in [1.29, 1.82) is 0 Å². The highest BCUT2D eigenvalue weighted by Gasteiger charge is 2.40. The Morgan fingerprint density at radius 3 is 2.56 bits per heavy atom. The molecule has 0 radical (unpaired) electrons. The maximum absolute atomic E-state index is 12.8. The maximum Gasteiger partial charge on any atom is 0.298 e. The molecule has 5 heteroatoms. The van der Waals surface area contributed by atoms with Crippen LogP contribution < -0.4 is 4.90 Å². The molecule has 0 bridgehead atoms. The van der Waals surface area contributed by atoms with Crippen LogP contribution in [0.5, 0.6) is 0 Å². The summed E-state index contributed by atoms with van der Waals surface area (Å²) >= 11 is 0.